The standard InChI is InChI=1S/C11H18N2O2S2.ClH/c12-9-10-3-1-6-13(10)17(14,15)8-5-11-4-2-7-16-11;/h2,4,7,10H,1,3,5-6,8-9,12H2;1H. The number of hydrogen-bond acceptors (Lipinski definition) is 4. The zero-order valence-electron chi connectivity index (χ0n) is 10.1. The van der Waals surface area contributed by atoms with Crippen molar-refractivity contribution in [3.8, 4) is 0 Å². The Balaban J connectivity index is 0.00000162. The summed E-state index contributed by atoms with van der Waals surface area (Å²) in [5.41, 5.74) is 5.61. The van der Waals surface area contributed by atoms with Crippen LogP contribution < -0.4 is 5.73 Å². The average Bonchev–Trinajstić information content (AvgIpc) is 2.97. The highest BCUT2D eigenvalue weighted by Crippen LogP contribution is 2.21. The molecule has 4 nitrogen and oxygen atoms in total. The van der Waals surface area contributed by atoms with Crippen molar-refractivity contribution in [3.63, 3.8) is 0 Å². The van der Waals surface area contributed by atoms with Gasteiger partial charge in [-0.05, 0) is 30.7 Å². The molecule has 1 aliphatic heterocycles. The van der Waals surface area contributed by atoms with Gasteiger partial charge in [0, 0.05) is 24.0 Å². The van der Waals surface area contributed by atoms with E-state index in [2.05, 4.69) is 0 Å². The first-order valence-corrected chi connectivity index (χ1v) is 8.34. The third-order valence-corrected chi connectivity index (χ3v) is 5.99. The topological polar surface area (TPSA) is 63.4 Å². The van der Waals surface area contributed by atoms with Crippen molar-refractivity contribution in [2.75, 3.05) is 18.8 Å². The van der Waals surface area contributed by atoms with Gasteiger partial charge in [-0.3, -0.25) is 0 Å². The number of thiophene rings is 1. The summed E-state index contributed by atoms with van der Waals surface area (Å²) in [7, 11) is -3.14. The molecule has 2 rings (SSSR count). The lowest BCUT2D eigenvalue weighted by Crippen LogP contribution is -2.41. The highest BCUT2D eigenvalue weighted by Gasteiger charge is 2.32. The van der Waals surface area contributed by atoms with Gasteiger partial charge in [-0.1, -0.05) is 6.07 Å². The molecule has 0 spiro atoms. The third kappa shape index (κ3) is 3.68. The van der Waals surface area contributed by atoms with Gasteiger partial charge in [0.15, 0.2) is 0 Å². The van der Waals surface area contributed by atoms with E-state index >= 15 is 0 Å². The maximum Gasteiger partial charge on any atom is 0.214 e. The van der Waals surface area contributed by atoms with E-state index in [1.807, 2.05) is 17.5 Å². The zero-order chi connectivity index (χ0) is 12.3. The first kappa shape index (κ1) is 15.9. The molecule has 104 valence electrons. The predicted octanol–water partition coefficient (Wildman–Crippen LogP) is 1.47. The fourth-order valence-corrected chi connectivity index (χ4v) is 4.82. The first-order valence-electron chi connectivity index (χ1n) is 5.85. The fourth-order valence-electron chi connectivity index (χ4n) is 2.21. The molecule has 2 heterocycles. The molecule has 2 N–H and O–H groups in total. The Hall–Kier alpha value is -0.140. The molecule has 1 unspecified atom stereocenters. The molecule has 1 atom stereocenters. The number of nitrogens with two attached hydrogens (primary N) is 1. The Morgan fingerprint density at radius 3 is 2.89 bits per heavy atom. The molecule has 1 fully saturated rings. The predicted molar refractivity (Wildman–Crippen MR) is 77.8 cm³/mol. The Labute approximate surface area is 119 Å². The van der Waals surface area contributed by atoms with Gasteiger partial charge in [-0.15, -0.1) is 23.7 Å². The van der Waals surface area contributed by atoms with E-state index in [-0.39, 0.29) is 24.2 Å². The summed E-state index contributed by atoms with van der Waals surface area (Å²) in [5.74, 6) is 0.198. The SMILES string of the molecule is Cl.NCC1CCCN1S(=O)(=O)CCc1cccs1. The highest BCUT2D eigenvalue weighted by atomic mass is 35.5. The second-order valence-electron chi connectivity index (χ2n) is 4.29. The molecule has 0 aliphatic carbocycles. The minimum Gasteiger partial charge on any atom is -0.329 e. The smallest absolute Gasteiger partial charge is 0.214 e. The summed E-state index contributed by atoms with van der Waals surface area (Å²) in [5, 5.41) is 1.97. The number of rotatable bonds is 5. The van der Waals surface area contributed by atoms with Crippen LogP contribution >= 0.6 is 23.7 Å². The molecule has 1 aliphatic rings. The third-order valence-electron chi connectivity index (χ3n) is 3.14. The number of sulfonamides is 1. The first-order chi connectivity index (χ1) is 8.13. The normalized spacial score (nSPS) is 20.8. The molecule has 0 bridgehead atoms. The van der Waals surface area contributed by atoms with Crippen molar-refractivity contribution in [2.45, 2.75) is 25.3 Å². The molecule has 7 heteroatoms. The van der Waals surface area contributed by atoms with Crippen molar-refractivity contribution in [2.24, 2.45) is 5.73 Å². The Kier molecular flexibility index (Phi) is 6.07. The summed E-state index contributed by atoms with van der Waals surface area (Å²) in [6, 6.07) is 3.94. The van der Waals surface area contributed by atoms with E-state index in [0.29, 0.717) is 19.5 Å². The summed E-state index contributed by atoms with van der Waals surface area (Å²) in [6.07, 6.45) is 2.43. The number of hydrogen-bond donors (Lipinski definition) is 1. The maximum absolute atomic E-state index is 12.2. The summed E-state index contributed by atoms with van der Waals surface area (Å²) >= 11 is 1.61. The number of halogens is 1. The second-order valence-corrected chi connectivity index (χ2v) is 7.36. The van der Waals surface area contributed by atoms with E-state index in [1.54, 1.807) is 15.6 Å². The zero-order valence-corrected chi connectivity index (χ0v) is 12.6. The van der Waals surface area contributed by atoms with Crippen LogP contribution in [0, 0.1) is 0 Å². The Bertz CT molecular complexity index is 448. The molecule has 1 aromatic heterocycles. The van der Waals surface area contributed by atoms with Gasteiger partial charge in [0.25, 0.3) is 0 Å². The quantitative estimate of drug-likeness (QED) is 0.895. The van der Waals surface area contributed by atoms with Crippen LogP contribution in [0.25, 0.3) is 0 Å². The lowest BCUT2D eigenvalue weighted by molar-refractivity contribution is 0.393. The van der Waals surface area contributed by atoms with Gasteiger partial charge in [-0.25, -0.2) is 8.42 Å². The van der Waals surface area contributed by atoms with E-state index < -0.39 is 10.0 Å². The molecule has 1 saturated heterocycles. The molecular formula is C11H19ClN2O2S2. The van der Waals surface area contributed by atoms with Gasteiger partial charge in [0.2, 0.25) is 10.0 Å². The van der Waals surface area contributed by atoms with Crippen LogP contribution in [0.3, 0.4) is 0 Å². The van der Waals surface area contributed by atoms with Gasteiger partial charge in [0.05, 0.1) is 5.75 Å². The van der Waals surface area contributed by atoms with E-state index in [0.717, 1.165) is 17.7 Å². The van der Waals surface area contributed by atoms with Crippen molar-refractivity contribution >= 4 is 33.8 Å². The molecular weight excluding hydrogens is 292 g/mol. The van der Waals surface area contributed by atoms with Crippen molar-refractivity contribution in [1.29, 1.82) is 0 Å². The summed E-state index contributed by atoms with van der Waals surface area (Å²) in [4.78, 5) is 1.12. The minimum absolute atomic E-state index is 0. The largest absolute Gasteiger partial charge is 0.329 e. The van der Waals surface area contributed by atoms with Gasteiger partial charge in [0.1, 0.15) is 0 Å². The van der Waals surface area contributed by atoms with Gasteiger partial charge in [-0.2, -0.15) is 4.31 Å². The monoisotopic (exact) mass is 310 g/mol. The van der Waals surface area contributed by atoms with E-state index in [1.165, 1.54) is 0 Å². The molecule has 0 amide bonds. The molecule has 0 aromatic carbocycles. The summed E-state index contributed by atoms with van der Waals surface area (Å²) < 4.78 is 25.9. The number of aryl methyl sites for hydroxylation is 1. The van der Waals surface area contributed by atoms with Crippen LogP contribution in [0.15, 0.2) is 17.5 Å². The highest BCUT2D eigenvalue weighted by molar-refractivity contribution is 7.89. The lowest BCUT2D eigenvalue weighted by Gasteiger charge is -2.22. The Morgan fingerprint density at radius 1 is 1.50 bits per heavy atom. The van der Waals surface area contributed by atoms with Gasteiger partial charge >= 0.3 is 0 Å². The van der Waals surface area contributed by atoms with Crippen LogP contribution in [-0.2, 0) is 16.4 Å². The van der Waals surface area contributed by atoms with Crippen LogP contribution in [0.4, 0.5) is 0 Å². The maximum atomic E-state index is 12.2. The lowest BCUT2D eigenvalue weighted by atomic mass is 10.2. The minimum atomic E-state index is -3.14. The fraction of sp³-hybridized carbons (Fsp3) is 0.636. The van der Waals surface area contributed by atoms with Crippen molar-refractivity contribution < 1.29 is 8.42 Å². The van der Waals surface area contributed by atoms with Crippen molar-refractivity contribution in [3.05, 3.63) is 22.4 Å². The molecule has 18 heavy (non-hydrogen) atoms. The number of nitrogens with zero attached hydrogens (tertiary/aromatic N) is 1. The van der Waals surface area contributed by atoms with Crippen LogP contribution in [0.2, 0.25) is 0 Å². The van der Waals surface area contributed by atoms with Crippen molar-refractivity contribution in [1.82, 2.24) is 4.31 Å². The Morgan fingerprint density at radius 2 is 2.28 bits per heavy atom. The average molecular weight is 311 g/mol. The second kappa shape index (κ2) is 6.86. The van der Waals surface area contributed by atoms with E-state index in [4.69, 9.17) is 5.73 Å². The van der Waals surface area contributed by atoms with E-state index in [9.17, 15) is 8.42 Å². The summed E-state index contributed by atoms with van der Waals surface area (Å²) in [6.45, 7) is 1.06. The van der Waals surface area contributed by atoms with Crippen LogP contribution in [-0.4, -0.2) is 37.6 Å². The van der Waals surface area contributed by atoms with Crippen LogP contribution in [0.5, 0.6) is 0 Å². The van der Waals surface area contributed by atoms with Crippen LogP contribution in [0.1, 0.15) is 17.7 Å². The molecule has 1 aromatic rings. The molecule has 0 radical (unpaired) electrons. The van der Waals surface area contributed by atoms with Gasteiger partial charge < -0.3 is 5.73 Å². The molecule has 0 saturated carbocycles.